The van der Waals surface area contributed by atoms with Crippen LogP contribution in [0.3, 0.4) is 0 Å². The van der Waals surface area contributed by atoms with Crippen molar-refractivity contribution in [2.45, 2.75) is 58.7 Å². The van der Waals surface area contributed by atoms with Crippen molar-refractivity contribution < 1.29 is 29.1 Å². The highest BCUT2D eigenvalue weighted by atomic mass is 16.4. The number of carboxylic acid groups (broad SMARTS) is 1. The topological polar surface area (TPSA) is 194 Å². The van der Waals surface area contributed by atoms with Gasteiger partial charge in [-0.2, -0.15) is 0 Å². The number of nitrogens with two attached hydrogens (primary N) is 2. The summed E-state index contributed by atoms with van der Waals surface area (Å²) in [6, 6.07) is -3.06. The zero-order valence-electron chi connectivity index (χ0n) is 16.7. The highest BCUT2D eigenvalue weighted by molar-refractivity contribution is 5.93. The molecular weight excluding hydrogens is 370 g/mol. The fourth-order valence-corrected chi connectivity index (χ4v) is 2.15. The maximum atomic E-state index is 12.3. The Balaban J connectivity index is 4.90. The Labute approximate surface area is 164 Å². The zero-order valence-corrected chi connectivity index (χ0v) is 16.7. The van der Waals surface area contributed by atoms with E-state index in [0.717, 1.165) is 0 Å². The molecule has 0 aliphatic heterocycles. The largest absolute Gasteiger partial charge is 0.480 e. The molecule has 0 saturated carbocycles. The Morgan fingerprint density at radius 1 is 0.929 bits per heavy atom. The molecule has 28 heavy (non-hydrogen) atoms. The molecule has 11 nitrogen and oxygen atoms in total. The lowest BCUT2D eigenvalue weighted by atomic mass is 10.0. The second-order valence-electron chi connectivity index (χ2n) is 7.18. The molecular formula is C17H31N5O6. The van der Waals surface area contributed by atoms with Crippen LogP contribution < -0.4 is 27.4 Å². The molecule has 0 aliphatic rings. The number of amides is 4. The molecule has 8 N–H and O–H groups in total. The number of carbonyl (C=O) groups excluding carboxylic acids is 4. The average molecular weight is 401 g/mol. The van der Waals surface area contributed by atoms with Gasteiger partial charge in [0.05, 0.1) is 12.6 Å². The van der Waals surface area contributed by atoms with Crippen molar-refractivity contribution in [1.29, 1.82) is 0 Å². The van der Waals surface area contributed by atoms with E-state index in [9.17, 15) is 24.0 Å². The smallest absolute Gasteiger partial charge is 0.326 e. The molecule has 160 valence electrons. The first kappa shape index (κ1) is 25.3. The van der Waals surface area contributed by atoms with Gasteiger partial charge in [0.25, 0.3) is 0 Å². The van der Waals surface area contributed by atoms with E-state index in [1.807, 2.05) is 0 Å². The van der Waals surface area contributed by atoms with Gasteiger partial charge in [-0.1, -0.05) is 27.7 Å². The van der Waals surface area contributed by atoms with E-state index >= 15 is 0 Å². The van der Waals surface area contributed by atoms with Gasteiger partial charge in [-0.05, 0) is 18.3 Å². The number of aliphatic carboxylic acids is 1. The van der Waals surface area contributed by atoms with Crippen molar-refractivity contribution in [2.24, 2.45) is 23.3 Å². The monoisotopic (exact) mass is 401 g/mol. The molecule has 0 aromatic heterocycles. The Hall–Kier alpha value is -2.69. The van der Waals surface area contributed by atoms with Crippen molar-refractivity contribution in [3.8, 4) is 0 Å². The minimum atomic E-state index is -1.19. The van der Waals surface area contributed by atoms with Crippen molar-refractivity contribution in [3.63, 3.8) is 0 Å². The second-order valence-corrected chi connectivity index (χ2v) is 7.18. The fourth-order valence-electron chi connectivity index (χ4n) is 2.15. The molecule has 0 aromatic carbocycles. The van der Waals surface area contributed by atoms with Gasteiger partial charge in [-0.3, -0.25) is 19.2 Å². The number of hydrogen-bond donors (Lipinski definition) is 6. The van der Waals surface area contributed by atoms with Gasteiger partial charge in [-0.25, -0.2) is 4.79 Å². The third-order valence-corrected chi connectivity index (χ3v) is 4.01. The number of carboxylic acids is 1. The van der Waals surface area contributed by atoms with Gasteiger partial charge >= 0.3 is 5.97 Å². The maximum Gasteiger partial charge on any atom is 0.326 e. The first-order chi connectivity index (χ1) is 12.9. The van der Waals surface area contributed by atoms with Crippen LogP contribution in [0.15, 0.2) is 0 Å². The van der Waals surface area contributed by atoms with Crippen LogP contribution >= 0.6 is 0 Å². The zero-order chi connectivity index (χ0) is 22.0. The lowest BCUT2D eigenvalue weighted by Gasteiger charge is -2.22. The molecule has 4 amide bonds. The van der Waals surface area contributed by atoms with Gasteiger partial charge in [0, 0.05) is 6.42 Å². The van der Waals surface area contributed by atoms with Crippen LogP contribution in [0.2, 0.25) is 0 Å². The van der Waals surface area contributed by atoms with Crippen LogP contribution in [0.5, 0.6) is 0 Å². The Bertz CT molecular complexity index is 593. The minimum absolute atomic E-state index is 0.0664. The molecule has 0 fully saturated rings. The number of hydrogen-bond acceptors (Lipinski definition) is 6. The predicted molar refractivity (Wildman–Crippen MR) is 101 cm³/mol. The molecule has 0 spiro atoms. The Kier molecular flexibility index (Phi) is 10.8. The summed E-state index contributed by atoms with van der Waals surface area (Å²) in [6.07, 6.45) is -0.223. The summed E-state index contributed by atoms with van der Waals surface area (Å²) in [5, 5.41) is 16.1. The van der Waals surface area contributed by atoms with E-state index in [1.54, 1.807) is 27.7 Å². The summed E-state index contributed by atoms with van der Waals surface area (Å²) < 4.78 is 0. The molecule has 0 saturated heterocycles. The normalized spacial score (nSPS) is 14.1. The minimum Gasteiger partial charge on any atom is -0.480 e. The van der Waals surface area contributed by atoms with E-state index in [0.29, 0.717) is 0 Å². The van der Waals surface area contributed by atoms with Crippen molar-refractivity contribution in [2.75, 3.05) is 6.54 Å². The average Bonchev–Trinajstić information content (AvgIpc) is 2.59. The number of primary amides is 1. The van der Waals surface area contributed by atoms with Crippen LogP contribution in [-0.2, 0) is 24.0 Å². The van der Waals surface area contributed by atoms with E-state index in [1.165, 1.54) is 0 Å². The highest BCUT2D eigenvalue weighted by Crippen LogP contribution is 2.03. The number of carbonyl (C=O) groups is 5. The predicted octanol–water partition coefficient (Wildman–Crippen LogP) is -1.94. The maximum absolute atomic E-state index is 12.3. The fraction of sp³-hybridized carbons (Fsp3) is 0.706. The number of rotatable bonds is 12. The third-order valence-electron chi connectivity index (χ3n) is 4.01. The van der Waals surface area contributed by atoms with Gasteiger partial charge in [0.15, 0.2) is 0 Å². The molecule has 0 rings (SSSR count). The van der Waals surface area contributed by atoms with Crippen LogP contribution in [0, 0.1) is 11.8 Å². The van der Waals surface area contributed by atoms with Gasteiger partial charge in [-0.15, -0.1) is 0 Å². The summed E-state index contributed by atoms with van der Waals surface area (Å²) in [5.41, 5.74) is 10.8. The molecule has 0 aromatic rings. The Morgan fingerprint density at radius 2 is 1.50 bits per heavy atom. The van der Waals surface area contributed by atoms with Crippen LogP contribution in [-0.4, -0.2) is 59.4 Å². The molecule has 3 unspecified atom stereocenters. The standard InChI is InChI=1S/C17H31N5O6/c1-8(2)13(19)16(26)21-10(5-6-11(18)23)15(25)20-7-12(24)22-14(9(3)4)17(27)28/h8-10,13-14H,5-7,19H2,1-4H3,(H2,18,23)(H,20,25)(H,21,26)(H,22,24)(H,27,28). The van der Waals surface area contributed by atoms with E-state index in [-0.39, 0.29) is 24.7 Å². The van der Waals surface area contributed by atoms with Crippen molar-refractivity contribution in [1.82, 2.24) is 16.0 Å². The van der Waals surface area contributed by atoms with Crippen LogP contribution in [0.25, 0.3) is 0 Å². The molecule has 0 radical (unpaired) electrons. The quantitative estimate of drug-likeness (QED) is 0.219. The third kappa shape index (κ3) is 9.31. The van der Waals surface area contributed by atoms with E-state index in [2.05, 4.69) is 16.0 Å². The summed E-state index contributed by atoms with van der Waals surface area (Å²) in [5.74, 6) is -4.35. The van der Waals surface area contributed by atoms with Crippen LogP contribution in [0.4, 0.5) is 0 Å². The Morgan fingerprint density at radius 3 is 1.93 bits per heavy atom. The number of nitrogens with one attached hydrogen (secondary N) is 3. The molecule has 0 bridgehead atoms. The van der Waals surface area contributed by atoms with Gasteiger partial charge in [0.1, 0.15) is 12.1 Å². The second kappa shape index (κ2) is 11.9. The lowest BCUT2D eigenvalue weighted by molar-refractivity contribution is -0.143. The van der Waals surface area contributed by atoms with E-state index < -0.39 is 54.3 Å². The summed E-state index contributed by atoms with van der Waals surface area (Å²) >= 11 is 0. The SMILES string of the molecule is CC(C)C(N)C(=O)NC(CCC(N)=O)C(=O)NCC(=O)NC(C(=O)O)C(C)C. The summed E-state index contributed by atoms with van der Waals surface area (Å²) in [6.45, 7) is 6.24. The summed E-state index contributed by atoms with van der Waals surface area (Å²) in [7, 11) is 0. The van der Waals surface area contributed by atoms with E-state index in [4.69, 9.17) is 16.6 Å². The van der Waals surface area contributed by atoms with Crippen molar-refractivity contribution in [3.05, 3.63) is 0 Å². The summed E-state index contributed by atoms with van der Waals surface area (Å²) in [4.78, 5) is 58.4. The first-order valence-electron chi connectivity index (χ1n) is 9.00. The molecule has 0 aliphatic carbocycles. The van der Waals surface area contributed by atoms with Gasteiger partial charge < -0.3 is 32.5 Å². The molecule has 3 atom stereocenters. The van der Waals surface area contributed by atoms with Crippen molar-refractivity contribution >= 4 is 29.6 Å². The highest BCUT2D eigenvalue weighted by Gasteiger charge is 2.27. The molecule has 0 heterocycles. The van der Waals surface area contributed by atoms with Gasteiger partial charge in [0.2, 0.25) is 23.6 Å². The van der Waals surface area contributed by atoms with Crippen LogP contribution in [0.1, 0.15) is 40.5 Å². The lowest BCUT2D eigenvalue weighted by Crippen LogP contribution is -2.54. The first-order valence-corrected chi connectivity index (χ1v) is 9.00. The molecule has 11 heteroatoms.